The summed E-state index contributed by atoms with van der Waals surface area (Å²) >= 11 is 0. The molecule has 0 radical (unpaired) electrons. The number of amides is 1. The van der Waals surface area contributed by atoms with E-state index >= 15 is 0 Å². The molecule has 1 aliphatic heterocycles. The first-order valence-electron chi connectivity index (χ1n) is 6.52. The Hall–Kier alpha value is -2.63. The molecule has 1 aliphatic rings. The summed E-state index contributed by atoms with van der Waals surface area (Å²) in [6.07, 6.45) is 1.63. The molecule has 21 heavy (non-hydrogen) atoms. The van der Waals surface area contributed by atoms with Crippen LogP contribution in [0.2, 0.25) is 0 Å². The summed E-state index contributed by atoms with van der Waals surface area (Å²) in [5, 5.41) is 11.6. The summed E-state index contributed by atoms with van der Waals surface area (Å²) in [4.78, 5) is 22.8. The van der Waals surface area contributed by atoms with Gasteiger partial charge in [0.05, 0.1) is 12.5 Å². The lowest BCUT2D eigenvalue weighted by atomic mass is 10.1. The Morgan fingerprint density at radius 1 is 1.38 bits per heavy atom. The maximum atomic E-state index is 13.3. The highest BCUT2D eigenvalue weighted by atomic mass is 19.1. The number of carbonyl (C=O) groups excluding carboxylic acids is 1. The van der Waals surface area contributed by atoms with Gasteiger partial charge < -0.3 is 15.0 Å². The van der Waals surface area contributed by atoms with Crippen molar-refractivity contribution in [3.8, 4) is 11.1 Å². The van der Waals surface area contributed by atoms with E-state index in [1.165, 1.54) is 12.1 Å². The maximum Gasteiger partial charge on any atom is 0.305 e. The number of nitrogens with zero attached hydrogens (tertiary/aromatic N) is 1. The lowest BCUT2D eigenvalue weighted by Crippen LogP contribution is -2.39. The molecular formula is C15H13FN2O3. The van der Waals surface area contributed by atoms with Crippen molar-refractivity contribution in [3.05, 3.63) is 48.0 Å². The van der Waals surface area contributed by atoms with Gasteiger partial charge in [-0.25, -0.2) is 4.39 Å². The largest absolute Gasteiger partial charge is 0.481 e. The maximum absolute atomic E-state index is 13.3. The second-order valence-corrected chi connectivity index (χ2v) is 4.99. The monoisotopic (exact) mass is 288 g/mol. The highest BCUT2D eigenvalue weighted by Crippen LogP contribution is 2.28. The van der Waals surface area contributed by atoms with E-state index in [1.807, 2.05) is 0 Å². The standard InChI is InChI=1S/C15H13FN2O3/c16-11-3-1-2-9(4-11)10-5-13-15(21)17-7-12(6-14(19)20)18(13)8-10/h1-5,8,12H,6-7H2,(H,17,21)(H,19,20). The number of halogens is 1. The van der Waals surface area contributed by atoms with E-state index in [1.54, 1.807) is 29.0 Å². The van der Waals surface area contributed by atoms with E-state index in [0.717, 1.165) is 0 Å². The van der Waals surface area contributed by atoms with E-state index < -0.39 is 5.97 Å². The predicted molar refractivity (Wildman–Crippen MR) is 73.4 cm³/mol. The van der Waals surface area contributed by atoms with E-state index in [9.17, 15) is 14.0 Å². The molecule has 2 heterocycles. The van der Waals surface area contributed by atoms with Gasteiger partial charge in [0.15, 0.2) is 0 Å². The van der Waals surface area contributed by atoms with Gasteiger partial charge in [-0.05, 0) is 23.8 Å². The number of nitrogens with one attached hydrogen (secondary N) is 1. The predicted octanol–water partition coefficient (Wildman–Crippen LogP) is 2.05. The van der Waals surface area contributed by atoms with Gasteiger partial charge in [-0.3, -0.25) is 9.59 Å². The molecule has 1 amide bonds. The van der Waals surface area contributed by atoms with Crippen molar-refractivity contribution < 1.29 is 19.1 Å². The van der Waals surface area contributed by atoms with Crippen LogP contribution in [0.15, 0.2) is 36.5 Å². The molecule has 0 bridgehead atoms. The fourth-order valence-corrected chi connectivity index (χ4v) is 2.56. The van der Waals surface area contributed by atoms with Crippen LogP contribution in [0.4, 0.5) is 4.39 Å². The van der Waals surface area contributed by atoms with Crippen molar-refractivity contribution >= 4 is 11.9 Å². The van der Waals surface area contributed by atoms with Crippen molar-refractivity contribution in [2.75, 3.05) is 6.54 Å². The van der Waals surface area contributed by atoms with Crippen LogP contribution in [0.1, 0.15) is 23.0 Å². The molecule has 0 saturated carbocycles. The smallest absolute Gasteiger partial charge is 0.305 e. The lowest BCUT2D eigenvalue weighted by Gasteiger charge is -2.25. The molecular weight excluding hydrogens is 275 g/mol. The number of aromatic nitrogens is 1. The summed E-state index contributed by atoms with van der Waals surface area (Å²) < 4.78 is 15.0. The number of benzene rings is 1. The zero-order valence-corrected chi connectivity index (χ0v) is 11.0. The average Bonchev–Trinajstić information content (AvgIpc) is 2.88. The van der Waals surface area contributed by atoms with Crippen LogP contribution in [0, 0.1) is 5.82 Å². The first-order chi connectivity index (χ1) is 10.0. The second-order valence-electron chi connectivity index (χ2n) is 4.99. The van der Waals surface area contributed by atoms with Gasteiger partial charge in [0, 0.05) is 18.3 Å². The summed E-state index contributed by atoms with van der Waals surface area (Å²) in [6.45, 7) is 0.273. The Bertz CT molecular complexity index is 723. The van der Waals surface area contributed by atoms with Crippen LogP contribution in [0.25, 0.3) is 11.1 Å². The topological polar surface area (TPSA) is 71.3 Å². The molecule has 0 aliphatic carbocycles. The van der Waals surface area contributed by atoms with Crippen molar-refractivity contribution in [1.82, 2.24) is 9.88 Å². The first kappa shape index (κ1) is 13.4. The van der Waals surface area contributed by atoms with Crippen molar-refractivity contribution in [2.24, 2.45) is 0 Å². The molecule has 0 fully saturated rings. The second kappa shape index (κ2) is 5.05. The molecule has 108 valence electrons. The number of carbonyl (C=O) groups is 2. The Kier molecular flexibility index (Phi) is 3.21. The number of carboxylic acid groups (broad SMARTS) is 1. The number of hydrogen-bond donors (Lipinski definition) is 2. The molecule has 5 nitrogen and oxygen atoms in total. The molecule has 3 rings (SSSR count). The van der Waals surface area contributed by atoms with Gasteiger partial charge in [-0.1, -0.05) is 12.1 Å². The highest BCUT2D eigenvalue weighted by molar-refractivity contribution is 5.95. The molecule has 1 aromatic heterocycles. The molecule has 2 N–H and O–H groups in total. The summed E-state index contributed by atoms with van der Waals surface area (Å²) in [7, 11) is 0. The van der Waals surface area contributed by atoms with Crippen LogP contribution < -0.4 is 5.32 Å². The summed E-state index contributed by atoms with van der Waals surface area (Å²) in [5.41, 5.74) is 1.74. The Morgan fingerprint density at radius 2 is 2.19 bits per heavy atom. The minimum atomic E-state index is -0.928. The van der Waals surface area contributed by atoms with Crippen LogP contribution >= 0.6 is 0 Å². The Labute approximate surface area is 120 Å². The number of fused-ring (bicyclic) bond motifs is 1. The summed E-state index contributed by atoms with van der Waals surface area (Å²) in [5.74, 6) is -1.54. The minimum Gasteiger partial charge on any atom is -0.481 e. The average molecular weight is 288 g/mol. The third kappa shape index (κ3) is 2.52. The van der Waals surface area contributed by atoms with E-state index in [4.69, 9.17) is 5.11 Å². The van der Waals surface area contributed by atoms with Crippen molar-refractivity contribution in [1.29, 1.82) is 0 Å². The Morgan fingerprint density at radius 3 is 2.90 bits per heavy atom. The van der Waals surface area contributed by atoms with E-state index in [0.29, 0.717) is 16.8 Å². The zero-order chi connectivity index (χ0) is 15.0. The van der Waals surface area contributed by atoms with Gasteiger partial charge in [0.25, 0.3) is 5.91 Å². The lowest BCUT2D eigenvalue weighted by molar-refractivity contribution is -0.137. The van der Waals surface area contributed by atoms with E-state index in [-0.39, 0.29) is 30.7 Å². The zero-order valence-electron chi connectivity index (χ0n) is 11.0. The molecule has 0 saturated heterocycles. The molecule has 1 atom stereocenters. The van der Waals surface area contributed by atoms with E-state index in [2.05, 4.69) is 5.32 Å². The van der Waals surface area contributed by atoms with Crippen molar-refractivity contribution in [2.45, 2.75) is 12.5 Å². The molecule has 6 heteroatoms. The third-order valence-electron chi connectivity index (χ3n) is 3.54. The van der Waals surface area contributed by atoms with Gasteiger partial charge >= 0.3 is 5.97 Å². The van der Waals surface area contributed by atoms with Crippen LogP contribution in [-0.2, 0) is 4.79 Å². The van der Waals surface area contributed by atoms with Gasteiger partial charge in [-0.2, -0.15) is 0 Å². The number of rotatable bonds is 3. The summed E-state index contributed by atoms with van der Waals surface area (Å²) in [6, 6.07) is 7.38. The molecule has 2 aromatic rings. The normalized spacial score (nSPS) is 17.2. The van der Waals surface area contributed by atoms with Crippen LogP contribution in [0.3, 0.4) is 0 Å². The highest BCUT2D eigenvalue weighted by Gasteiger charge is 2.27. The van der Waals surface area contributed by atoms with Gasteiger partial charge in [0.1, 0.15) is 11.5 Å². The van der Waals surface area contributed by atoms with Crippen LogP contribution in [0.5, 0.6) is 0 Å². The number of aliphatic carboxylic acids is 1. The quantitative estimate of drug-likeness (QED) is 0.908. The molecule has 1 unspecified atom stereocenters. The molecule has 0 spiro atoms. The van der Waals surface area contributed by atoms with Crippen molar-refractivity contribution in [3.63, 3.8) is 0 Å². The Balaban J connectivity index is 2.03. The number of hydrogen-bond acceptors (Lipinski definition) is 2. The SMILES string of the molecule is O=C(O)CC1CNC(=O)c2cc(-c3cccc(F)c3)cn21. The first-order valence-corrected chi connectivity index (χ1v) is 6.52. The fraction of sp³-hybridized carbons (Fsp3) is 0.200. The molecule has 1 aromatic carbocycles. The van der Waals surface area contributed by atoms with Gasteiger partial charge in [0.2, 0.25) is 0 Å². The number of carboxylic acids is 1. The minimum absolute atomic E-state index is 0.0788. The van der Waals surface area contributed by atoms with Crippen LogP contribution in [-0.4, -0.2) is 28.1 Å². The van der Waals surface area contributed by atoms with Gasteiger partial charge in [-0.15, -0.1) is 0 Å². The third-order valence-corrected chi connectivity index (χ3v) is 3.54. The fourth-order valence-electron chi connectivity index (χ4n) is 2.56.